The Kier molecular flexibility index (Phi) is 4.99. The SMILES string of the molecule is CCCN(CC(=O)O)C(=O)CSc1nncn1C1CC1. The average molecular weight is 298 g/mol. The zero-order valence-corrected chi connectivity index (χ0v) is 12.2. The maximum absolute atomic E-state index is 12.0. The highest BCUT2D eigenvalue weighted by Crippen LogP contribution is 2.37. The molecular formula is C12H18N4O3S. The maximum Gasteiger partial charge on any atom is 0.323 e. The van der Waals surface area contributed by atoms with Crippen molar-refractivity contribution in [2.75, 3.05) is 18.8 Å². The molecule has 1 aliphatic carbocycles. The molecule has 1 N–H and O–H groups in total. The monoisotopic (exact) mass is 298 g/mol. The molecule has 0 bridgehead atoms. The van der Waals surface area contributed by atoms with Crippen LogP contribution in [0.25, 0.3) is 0 Å². The number of amides is 1. The number of rotatable bonds is 8. The van der Waals surface area contributed by atoms with Crippen LogP contribution >= 0.6 is 11.8 Å². The summed E-state index contributed by atoms with van der Waals surface area (Å²) in [5.74, 6) is -0.971. The highest BCUT2D eigenvalue weighted by molar-refractivity contribution is 7.99. The molecule has 1 fully saturated rings. The van der Waals surface area contributed by atoms with Gasteiger partial charge in [-0.3, -0.25) is 9.59 Å². The average Bonchev–Trinajstić information content (AvgIpc) is 3.14. The van der Waals surface area contributed by atoms with Crippen LogP contribution in [0.3, 0.4) is 0 Å². The molecule has 0 radical (unpaired) electrons. The Balaban J connectivity index is 1.89. The van der Waals surface area contributed by atoms with Gasteiger partial charge in [-0.05, 0) is 19.3 Å². The first-order valence-electron chi connectivity index (χ1n) is 6.63. The molecule has 0 spiro atoms. The quantitative estimate of drug-likeness (QED) is 0.721. The second kappa shape index (κ2) is 6.74. The molecule has 0 atom stereocenters. The Morgan fingerprint density at radius 2 is 2.30 bits per heavy atom. The summed E-state index contributed by atoms with van der Waals surface area (Å²) in [4.78, 5) is 24.2. The van der Waals surface area contributed by atoms with Gasteiger partial charge < -0.3 is 14.6 Å². The van der Waals surface area contributed by atoms with E-state index in [1.807, 2.05) is 11.5 Å². The molecule has 2 rings (SSSR count). The summed E-state index contributed by atoms with van der Waals surface area (Å²) in [6.07, 6.45) is 4.68. The summed E-state index contributed by atoms with van der Waals surface area (Å²) in [6.45, 7) is 2.13. The van der Waals surface area contributed by atoms with Gasteiger partial charge in [-0.2, -0.15) is 0 Å². The predicted octanol–water partition coefficient (Wildman–Crippen LogP) is 1.03. The fourth-order valence-corrected chi connectivity index (χ4v) is 2.77. The van der Waals surface area contributed by atoms with Gasteiger partial charge in [0, 0.05) is 12.6 Å². The number of aromatic nitrogens is 3. The van der Waals surface area contributed by atoms with E-state index in [4.69, 9.17) is 5.11 Å². The molecule has 7 nitrogen and oxygen atoms in total. The molecular weight excluding hydrogens is 280 g/mol. The lowest BCUT2D eigenvalue weighted by Gasteiger charge is -2.19. The zero-order chi connectivity index (χ0) is 14.5. The molecule has 110 valence electrons. The van der Waals surface area contributed by atoms with E-state index in [0.29, 0.717) is 12.6 Å². The molecule has 20 heavy (non-hydrogen) atoms. The minimum absolute atomic E-state index is 0.176. The largest absolute Gasteiger partial charge is 0.480 e. The predicted molar refractivity (Wildman–Crippen MR) is 73.5 cm³/mol. The van der Waals surface area contributed by atoms with Crippen LogP contribution in [0.15, 0.2) is 11.5 Å². The number of aliphatic carboxylic acids is 1. The molecule has 1 saturated carbocycles. The molecule has 1 aromatic heterocycles. The summed E-state index contributed by atoms with van der Waals surface area (Å²) < 4.78 is 1.99. The van der Waals surface area contributed by atoms with Crippen molar-refractivity contribution in [1.82, 2.24) is 19.7 Å². The van der Waals surface area contributed by atoms with Crippen molar-refractivity contribution < 1.29 is 14.7 Å². The van der Waals surface area contributed by atoms with Crippen molar-refractivity contribution in [3.8, 4) is 0 Å². The van der Waals surface area contributed by atoms with Gasteiger partial charge in [0.25, 0.3) is 0 Å². The van der Waals surface area contributed by atoms with Gasteiger partial charge >= 0.3 is 5.97 Å². The Morgan fingerprint density at radius 3 is 2.90 bits per heavy atom. The van der Waals surface area contributed by atoms with E-state index in [1.54, 1.807) is 6.33 Å². The van der Waals surface area contributed by atoms with Crippen molar-refractivity contribution in [3.05, 3.63) is 6.33 Å². The molecule has 1 aromatic rings. The molecule has 8 heteroatoms. The van der Waals surface area contributed by atoms with E-state index >= 15 is 0 Å². The van der Waals surface area contributed by atoms with Gasteiger partial charge in [0.15, 0.2) is 5.16 Å². The van der Waals surface area contributed by atoms with Crippen LogP contribution in [0.1, 0.15) is 32.2 Å². The highest BCUT2D eigenvalue weighted by atomic mass is 32.2. The molecule has 1 heterocycles. The fraction of sp³-hybridized carbons (Fsp3) is 0.667. The third kappa shape index (κ3) is 3.96. The summed E-state index contributed by atoms with van der Waals surface area (Å²) >= 11 is 1.32. The number of carboxylic acid groups (broad SMARTS) is 1. The minimum atomic E-state index is -0.988. The topological polar surface area (TPSA) is 88.3 Å². The van der Waals surface area contributed by atoms with Crippen molar-refractivity contribution >= 4 is 23.6 Å². The van der Waals surface area contributed by atoms with Gasteiger partial charge in [-0.25, -0.2) is 0 Å². The van der Waals surface area contributed by atoms with E-state index in [0.717, 1.165) is 24.4 Å². The number of thioether (sulfide) groups is 1. The van der Waals surface area contributed by atoms with Gasteiger partial charge in [-0.1, -0.05) is 18.7 Å². The number of carbonyl (C=O) groups is 2. The zero-order valence-electron chi connectivity index (χ0n) is 11.4. The third-order valence-electron chi connectivity index (χ3n) is 2.98. The summed E-state index contributed by atoms with van der Waals surface area (Å²) in [5.41, 5.74) is 0. The first kappa shape index (κ1) is 14.8. The standard InChI is InChI=1S/C12H18N4O3S/c1-2-5-15(6-11(18)19)10(17)7-20-12-14-13-8-16(12)9-3-4-9/h8-9H,2-7H2,1H3,(H,18,19). The third-order valence-corrected chi connectivity index (χ3v) is 3.92. The molecule has 0 aliphatic heterocycles. The lowest BCUT2D eigenvalue weighted by molar-refractivity contribution is -0.143. The number of hydrogen-bond acceptors (Lipinski definition) is 5. The van der Waals surface area contributed by atoms with Crippen LogP contribution in [0.5, 0.6) is 0 Å². The van der Waals surface area contributed by atoms with Crippen LogP contribution in [0.4, 0.5) is 0 Å². The molecule has 0 saturated heterocycles. The minimum Gasteiger partial charge on any atom is -0.480 e. The van der Waals surface area contributed by atoms with Gasteiger partial charge in [0.2, 0.25) is 5.91 Å². The highest BCUT2D eigenvalue weighted by Gasteiger charge is 2.26. The van der Waals surface area contributed by atoms with Crippen molar-refractivity contribution in [1.29, 1.82) is 0 Å². The lowest BCUT2D eigenvalue weighted by atomic mass is 10.4. The van der Waals surface area contributed by atoms with Crippen LogP contribution in [-0.2, 0) is 9.59 Å². The van der Waals surface area contributed by atoms with E-state index in [-0.39, 0.29) is 18.2 Å². The maximum atomic E-state index is 12.0. The second-order valence-electron chi connectivity index (χ2n) is 4.75. The van der Waals surface area contributed by atoms with E-state index < -0.39 is 5.97 Å². The van der Waals surface area contributed by atoms with Crippen LogP contribution < -0.4 is 0 Å². The van der Waals surface area contributed by atoms with Gasteiger partial charge in [0.05, 0.1) is 5.75 Å². The number of carboxylic acids is 1. The Labute approximate surface area is 121 Å². The smallest absolute Gasteiger partial charge is 0.323 e. The Bertz CT molecular complexity index is 487. The van der Waals surface area contributed by atoms with E-state index in [2.05, 4.69) is 10.2 Å². The second-order valence-corrected chi connectivity index (χ2v) is 5.69. The molecule has 1 amide bonds. The van der Waals surface area contributed by atoms with Crippen molar-refractivity contribution in [2.24, 2.45) is 0 Å². The Morgan fingerprint density at radius 1 is 1.55 bits per heavy atom. The number of carbonyl (C=O) groups excluding carboxylic acids is 1. The Hall–Kier alpha value is -1.57. The summed E-state index contributed by atoms with van der Waals surface area (Å²) in [6, 6.07) is 0.466. The van der Waals surface area contributed by atoms with E-state index in [9.17, 15) is 9.59 Å². The molecule has 1 aliphatic rings. The summed E-state index contributed by atoms with van der Waals surface area (Å²) in [5, 5.41) is 17.4. The van der Waals surface area contributed by atoms with E-state index in [1.165, 1.54) is 16.7 Å². The van der Waals surface area contributed by atoms with Crippen LogP contribution in [0.2, 0.25) is 0 Å². The lowest BCUT2D eigenvalue weighted by Crippen LogP contribution is -2.37. The number of nitrogens with zero attached hydrogens (tertiary/aromatic N) is 4. The first-order chi connectivity index (χ1) is 9.61. The van der Waals surface area contributed by atoms with Crippen molar-refractivity contribution in [3.63, 3.8) is 0 Å². The van der Waals surface area contributed by atoms with Crippen molar-refractivity contribution in [2.45, 2.75) is 37.4 Å². The van der Waals surface area contributed by atoms with Gasteiger partial charge in [0.1, 0.15) is 12.9 Å². The van der Waals surface area contributed by atoms with Crippen LogP contribution in [-0.4, -0.2) is 55.5 Å². The molecule has 0 aromatic carbocycles. The number of hydrogen-bond donors (Lipinski definition) is 1. The molecule has 0 unspecified atom stereocenters. The van der Waals surface area contributed by atoms with Gasteiger partial charge in [-0.15, -0.1) is 10.2 Å². The fourth-order valence-electron chi connectivity index (χ4n) is 1.88. The summed E-state index contributed by atoms with van der Waals surface area (Å²) in [7, 11) is 0. The van der Waals surface area contributed by atoms with Crippen LogP contribution in [0, 0.1) is 0 Å². The normalized spacial score (nSPS) is 14.2. The first-order valence-corrected chi connectivity index (χ1v) is 7.62.